The molecule has 0 atom stereocenters. The van der Waals surface area contributed by atoms with Crippen LogP contribution in [0.15, 0.2) is 0 Å². The lowest BCUT2D eigenvalue weighted by Gasteiger charge is -2.05. The summed E-state index contributed by atoms with van der Waals surface area (Å²) in [5.74, 6) is 0.656. The molecule has 12 heavy (non-hydrogen) atoms. The molecular formula is C11H23N. The van der Waals surface area contributed by atoms with E-state index in [4.69, 9.17) is 5.41 Å². The molecule has 0 aromatic rings. The molecule has 0 unspecified atom stereocenters. The third kappa shape index (κ3) is 7.77. The minimum absolute atomic E-state index is 0.656. The second-order valence-electron chi connectivity index (χ2n) is 4.01. The van der Waals surface area contributed by atoms with E-state index < -0.39 is 0 Å². The van der Waals surface area contributed by atoms with Crippen LogP contribution in [0.4, 0.5) is 0 Å². The Labute approximate surface area is 77.1 Å². The molecule has 0 spiro atoms. The van der Waals surface area contributed by atoms with Gasteiger partial charge in [0.1, 0.15) is 0 Å². The monoisotopic (exact) mass is 169 g/mol. The Bertz CT molecular complexity index is 116. The zero-order chi connectivity index (χ0) is 9.40. The quantitative estimate of drug-likeness (QED) is 0.439. The van der Waals surface area contributed by atoms with Gasteiger partial charge in [0.15, 0.2) is 0 Å². The molecule has 1 heteroatoms. The molecule has 0 fully saturated rings. The van der Waals surface area contributed by atoms with Gasteiger partial charge in [0.05, 0.1) is 0 Å². The van der Waals surface area contributed by atoms with Crippen molar-refractivity contribution in [1.82, 2.24) is 0 Å². The average molecular weight is 169 g/mol. The van der Waals surface area contributed by atoms with E-state index in [9.17, 15) is 0 Å². The zero-order valence-electron chi connectivity index (χ0n) is 8.82. The van der Waals surface area contributed by atoms with Crippen LogP contribution in [-0.4, -0.2) is 5.71 Å². The summed E-state index contributed by atoms with van der Waals surface area (Å²) in [7, 11) is 0. The smallest absolute Gasteiger partial charge is 0.00917 e. The highest BCUT2D eigenvalue weighted by molar-refractivity contribution is 5.81. The van der Waals surface area contributed by atoms with E-state index in [2.05, 4.69) is 20.8 Å². The summed E-state index contributed by atoms with van der Waals surface area (Å²) in [5.41, 5.74) is 0.945. The number of rotatable bonds is 7. The van der Waals surface area contributed by atoms with Crippen LogP contribution in [-0.2, 0) is 0 Å². The molecule has 0 aliphatic rings. The second-order valence-corrected chi connectivity index (χ2v) is 4.01. The van der Waals surface area contributed by atoms with Gasteiger partial charge in [-0.2, -0.15) is 0 Å². The summed E-state index contributed by atoms with van der Waals surface area (Å²) in [6.07, 6.45) is 7.16. The molecule has 0 aromatic heterocycles. The molecule has 0 heterocycles. The molecule has 0 amide bonds. The van der Waals surface area contributed by atoms with Gasteiger partial charge >= 0.3 is 0 Å². The number of unbranched alkanes of at least 4 members (excludes halogenated alkanes) is 3. The molecule has 0 rings (SSSR count). The van der Waals surface area contributed by atoms with Crippen molar-refractivity contribution < 1.29 is 0 Å². The summed E-state index contributed by atoms with van der Waals surface area (Å²) < 4.78 is 0. The van der Waals surface area contributed by atoms with Gasteiger partial charge in [0, 0.05) is 5.71 Å². The number of hydrogen-bond acceptors (Lipinski definition) is 1. The van der Waals surface area contributed by atoms with Gasteiger partial charge in [-0.25, -0.2) is 0 Å². The summed E-state index contributed by atoms with van der Waals surface area (Å²) in [5, 5.41) is 7.65. The Morgan fingerprint density at radius 3 is 2.33 bits per heavy atom. The summed E-state index contributed by atoms with van der Waals surface area (Å²) in [4.78, 5) is 0. The van der Waals surface area contributed by atoms with Crippen molar-refractivity contribution in [3.63, 3.8) is 0 Å². The van der Waals surface area contributed by atoms with Gasteiger partial charge in [0.25, 0.3) is 0 Å². The second kappa shape index (κ2) is 7.33. The van der Waals surface area contributed by atoms with Crippen LogP contribution in [0.3, 0.4) is 0 Å². The van der Waals surface area contributed by atoms with Crippen LogP contribution < -0.4 is 0 Å². The first-order valence-electron chi connectivity index (χ1n) is 5.23. The van der Waals surface area contributed by atoms with E-state index in [1.165, 1.54) is 25.7 Å². The minimum Gasteiger partial charge on any atom is -0.310 e. The summed E-state index contributed by atoms with van der Waals surface area (Å²) in [6, 6.07) is 0. The van der Waals surface area contributed by atoms with E-state index in [0.29, 0.717) is 5.92 Å². The molecule has 0 aliphatic heterocycles. The van der Waals surface area contributed by atoms with Gasteiger partial charge in [-0.05, 0) is 25.2 Å². The molecular weight excluding hydrogens is 146 g/mol. The normalized spacial score (nSPS) is 10.7. The Morgan fingerprint density at radius 1 is 1.17 bits per heavy atom. The highest BCUT2D eigenvalue weighted by atomic mass is 14.4. The number of hydrogen-bond donors (Lipinski definition) is 1. The minimum atomic E-state index is 0.656. The fraction of sp³-hybridized carbons (Fsp3) is 0.909. The number of nitrogens with one attached hydrogen (secondary N) is 1. The van der Waals surface area contributed by atoms with Crippen molar-refractivity contribution >= 4 is 5.71 Å². The fourth-order valence-corrected chi connectivity index (χ4v) is 1.36. The summed E-state index contributed by atoms with van der Waals surface area (Å²) >= 11 is 0. The van der Waals surface area contributed by atoms with Crippen LogP contribution in [0.5, 0.6) is 0 Å². The molecule has 0 aliphatic carbocycles. The lowest BCUT2D eigenvalue weighted by molar-refractivity contribution is 0.648. The van der Waals surface area contributed by atoms with Crippen molar-refractivity contribution in [2.24, 2.45) is 5.92 Å². The highest BCUT2D eigenvalue weighted by Crippen LogP contribution is 2.08. The van der Waals surface area contributed by atoms with E-state index in [0.717, 1.165) is 18.6 Å². The van der Waals surface area contributed by atoms with E-state index in [1.807, 2.05) is 0 Å². The Morgan fingerprint density at radius 2 is 1.83 bits per heavy atom. The van der Waals surface area contributed by atoms with E-state index >= 15 is 0 Å². The third-order valence-electron chi connectivity index (χ3n) is 1.99. The van der Waals surface area contributed by atoms with Crippen molar-refractivity contribution in [3.8, 4) is 0 Å². The first-order valence-corrected chi connectivity index (χ1v) is 5.23. The van der Waals surface area contributed by atoms with Crippen LogP contribution in [0.25, 0.3) is 0 Å². The lowest BCUT2D eigenvalue weighted by Crippen LogP contribution is -2.01. The molecule has 0 aromatic carbocycles. The van der Waals surface area contributed by atoms with Gasteiger partial charge in [0.2, 0.25) is 0 Å². The summed E-state index contributed by atoms with van der Waals surface area (Å²) in [6.45, 7) is 6.58. The lowest BCUT2D eigenvalue weighted by atomic mass is 10.0. The molecule has 1 nitrogen and oxygen atoms in total. The SMILES string of the molecule is CCCCCCC(=N)CC(C)C. The Balaban J connectivity index is 3.20. The van der Waals surface area contributed by atoms with Crippen molar-refractivity contribution in [1.29, 1.82) is 5.41 Å². The maximum Gasteiger partial charge on any atom is 0.00917 e. The average Bonchev–Trinajstić information content (AvgIpc) is 1.97. The Kier molecular flexibility index (Phi) is 7.12. The van der Waals surface area contributed by atoms with Crippen molar-refractivity contribution in [2.45, 2.75) is 59.3 Å². The molecule has 0 saturated carbocycles. The third-order valence-corrected chi connectivity index (χ3v) is 1.99. The van der Waals surface area contributed by atoms with Gasteiger partial charge < -0.3 is 5.41 Å². The predicted molar refractivity (Wildman–Crippen MR) is 55.9 cm³/mol. The van der Waals surface area contributed by atoms with Gasteiger partial charge in [-0.15, -0.1) is 0 Å². The molecule has 0 bridgehead atoms. The molecule has 0 radical (unpaired) electrons. The van der Waals surface area contributed by atoms with Crippen LogP contribution >= 0.6 is 0 Å². The molecule has 0 saturated heterocycles. The topological polar surface area (TPSA) is 23.9 Å². The predicted octanol–water partition coefficient (Wildman–Crippen LogP) is 4.02. The largest absolute Gasteiger partial charge is 0.310 e. The highest BCUT2D eigenvalue weighted by Gasteiger charge is 2.00. The zero-order valence-corrected chi connectivity index (χ0v) is 8.82. The van der Waals surface area contributed by atoms with Gasteiger partial charge in [-0.3, -0.25) is 0 Å². The molecule has 1 N–H and O–H groups in total. The Hall–Kier alpha value is -0.330. The van der Waals surface area contributed by atoms with E-state index in [1.54, 1.807) is 0 Å². The van der Waals surface area contributed by atoms with Crippen LogP contribution in [0.2, 0.25) is 0 Å². The van der Waals surface area contributed by atoms with E-state index in [-0.39, 0.29) is 0 Å². The first-order chi connectivity index (χ1) is 5.66. The van der Waals surface area contributed by atoms with Crippen molar-refractivity contribution in [3.05, 3.63) is 0 Å². The van der Waals surface area contributed by atoms with Gasteiger partial charge in [-0.1, -0.05) is 40.0 Å². The molecule has 72 valence electrons. The fourth-order valence-electron chi connectivity index (χ4n) is 1.36. The van der Waals surface area contributed by atoms with Crippen LogP contribution in [0.1, 0.15) is 59.3 Å². The van der Waals surface area contributed by atoms with Crippen molar-refractivity contribution in [2.75, 3.05) is 0 Å². The van der Waals surface area contributed by atoms with Crippen LogP contribution in [0, 0.1) is 11.3 Å². The maximum absolute atomic E-state index is 7.65. The first kappa shape index (κ1) is 11.7. The maximum atomic E-state index is 7.65. The standard InChI is InChI=1S/C11H23N/c1-4-5-6-7-8-11(12)9-10(2)3/h10,12H,4-9H2,1-3H3.